The average molecular weight is 1180 g/mol. The number of esters is 1. The normalized spacial score (nSPS) is 37.1. The number of cyclic esters (lactones) is 1. The first-order valence-electron chi connectivity index (χ1n) is 28.7. The molecular formula is C55H103ClN3O21-. The number of guanidine groups is 1. The third kappa shape index (κ3) is 32.1. The van der Waals surface area contributed by atoms with E-state index in [1.165, 1.54) is 6.08 Å². The summed E-state index contributed by atoms with van der Waals surface area (Å²) in [6.07, 6.45) is -7.42. The van der Waals surface area contributed by atoms with E-state index in [1.54, 1.807) is 6.92 Å². The monoisotopic (exact) mass is 1180 g/mol. The fourth-order valence-corrected chi connectivity index (χ4v) is 10.3. The van der Waals surface area contributed by atoms with E-state index in [1.807, 2.05) is 40.7 Å². The number of carbonyl (C=O) groups excluding carboxylic acids is 1. The predicted molar refractivity (Wildman–Crippen MR) is 284 cm³/mol. The van der Waals surface area contributed by atoms with Crippen LogP contribution in [0.3, 0.4) is 0 Å². The Balaban J connectivity index is 0.00000610. The van der Waals surface area contributed by atoms with Crippen molar-refractivity contribution in [2.75, 3.05) is 13.2 Å². The summed E-state index contributed by atoms with van der Waals surface area (Å²) in [4.78, 5) is 18.2. The number of aliphatic imine (C=N–C) groups is 1. The summed E-state index contributed by atoms with van der Waals surface area (Å²) in [5, 5.41) is 141. The Morgan fingerprint density at radius 2 is 1.29 bits per heavy atom. The van der Waals surface area contributed by atoms with Gasteiger partial charge < -0.3 is 92.1 Å². The minimum atomic E-state index is -4.94. The van der Waals surface area contributed by atoms with Crippen LogP contribution in [0.2, 0.25) is 0 Å². The zero-order valence-electron chi connectivity index (χ0n) is 48.0. The molecule has 0 bridgehead atoms. The molecule has 2 aliphatic heterocycles. The molecule has 2 rings (SSSR count). The van der Waals surface area contributed by atoms with Crippen LogP contribution >= 0.6 is 0 Å². The largest absolute Gasteiger partial charge is 0.461 e. The molecule has 0 amide bonds. The fourth-order valence-electron chi connectivity index (χ4n) is 10.3. The molecule has 25 heteroatoms. The number of unbranched alkanes of at least 4 members (excludes halogenated alkanes) is 1. The predicted octanol–water partition coefficient (Wildman–Crippen LogP) is -2.51. The van der Waals surface area contributed by atoms with Gasteiger partial charge in [0.1, 0.15) is 30.5 Å². The van der Waals surface area contributed by atoms with Crippen LogP contribution in [0.5, 0.6) is 0 Å². The maximum Gasteiger partial charge on any atom is 0.311 e. The number of allylic oxidation sites excluding steroid dienone is 1. The molecule has 1 fully saturated rings. The third-order valence-electron chi connectivity index (χ3n) is 15.2. The zero-order valence-corrected chi connectivity index (χ0v) is 48.8. The quantitative estimate of drug-likeness (QED) is 0.0316. The Labute approximate surface area is 475 Å². The van der Waals surface area contributed by atoms with Crippen molar-refractivity contribution in [2.24, 2.45) is 40.1 Å². The number of hydrogen-bond donors (Lipinski definition) is 15. The number of carbonyl (C=O) groups is 1. The molecule has 0 aromatic carbocycles. The van der Waals surface area contributed by atoms with Crippen molar-refractivity contribution < 1.29 is 114 Å². The van der Waals surface area contributed by atoms with Crippen molar-refractivity contribution in [3.05, 3.63) is 23.3 Å². The summed E-state index contributed by atoms with van der Waals surface area (Å²) in [6, 6.07) is 0. The molecule has 0 radical (unpaired) electrons. The van der Waals surface area contributed by atoms with Gasteiger partial charge in [0, 0.05) is 24.8 Å². The average Bonchev–Trinajstić information content (AvgIpc) is 3.63. The minimum Gasteiger partial charge on any atom is -0.461 e. The van der Waals surface area contributed by atoms with E-state index >= 15 is 0 Å². The smallest absolute Gasteiger partial charge is 0.311 e. The number of nitrogens with two attached hydrogens (primary N) is 2. The van der Waals surface area contributed by atoms with Crippen LogP contribution in [0, 0.1) is 33.9 Å². The Morgan fingerprint density at radius 1 is 0.738 bits per heavy atom. The van der Waals surface area contributed by atoms with Crippen LogP contribution in [0.15, 0.2) is 28.3 Å². The summed E-state index contributed by atoms with van der Waals surface area (Å²) >= 11 is 0. The number of ether oxygens (including phenoxy) is 3. The first-order valence-corrected chi connectivity index (χ1v) is 29.9. The topological polar surface area (TPSA) is 464 Å². The van der Waals surface area contributed by atoms with Crippen molar-refractivity contribution >= 4 is 11.9 Å². The number of aliphatic hydroxyl groups is 13. The molecule has 20 atom stereocenters. The van der Waals surface area contributed by atoms with Crippen LogP contribution in [0.4, 0.5) is 0 Å². The molecule has 0 saturated carbocycles. The minimum absolute atomic E-state index is 0.0266. The molecule has 80 heavy (non-hydrogen) atoms. The van der Waals surface area contributed by atoms with Crippen LogP contribution in [0.25, 0.3) is 0 Å². The van der Waals surface area contributed by atoms with Gasteiger partial charge in [-0.2, -0.15) is 0 Å². The second-order valence-corrected chi connectivity index (χ2v) is 23.4. The van der Waals surface area contributed by atoms with E-state index in [0.717, 1.165) is 12.0 Å². The highest BCUT2D eigenvalue weighted by Crippen LogP contribution is 2.32. The molecule has 0 aromatic rings. The Kier molecular flexibility index (Phi) is 38.0. The fraction of sp³-hybridized carbons (Fsp3) is 0.891. The van der Waals surface area contributed by atoms with E-state index in [9.17, 15) is 71.2 Å². The van der Waals surface area contributed by atoms with Crippen molar-refractivity contribution in [1.29, 1.82) is 0 Å². The molecule has 2 aliphatic rings. The van der Waals surface area contributed by atoms with E-state index in [2.05, 4.69) is 4.99 Å². The molecule has 16 unspecified atom stereocenters. The van der Waals surface area contributed by atoms with Gasteiger partial charge in [0.25, 0.3) is 0 Å². The second-order valence-electron chi connectivity index (χ2n) is 22.6. The van der Waals surface area contributed by atoms with Crippen LogP contribution in [0.1, 0.15) is 176 Å². The van der Waals surface area contributed by atoms with E-state index in [-0.39, 0.29) is 49.9 Å². The lowest BCUT2D eigenvalue weighted by Crippen LogP contribution is -2.68. The molecular weight excluding hydrogens is 1070 g/mol. The maximum atomic E-state index is 14.2. The van der Waals surface area contributed by atoms with Gasteiger partial charge in [-0.15, -0.1) is 10.2 Å². The van der Waals surface area contributed by atoms with Crippen molar-refractivity contribution in [3.63, 3.8) is 0 Å². The number of halogens is 1. The van der Waals surface area contributed by atoms with Crippen LogP contribution < -0.4 is 30.1 Å². The van der Waals surface area contributed by atoms with Gasteiger partial charge in [0.15, 0.2) is 12.2 Å². The van der Waals surface area contributed by atoms with Gasteiger partial charge in [0.2, 0.25) is 0 Å². The van der Waals surface area contributed by atoms with Gasteiger partial charge in [-0.25, -0.2) is 18.6 Å². The standard InChI is InChI=1S/C55H103N3O17.ClHO4/c1-7-8-19-43-49(69)33(3)22-23-38(61)17-11-16-37(60)18-12-20-44(66)34(4)26-47(73-54-51(71)50(70)48(31-59)74-54)46(68)30-42(65)29-41(64)28-40(63)27-39(62)15-10-9-14-32(2)25-35(5)52(75-53(43)72)36(6)45(67)21-13-24-58-55(56)57;2-1(3,4)5/h25-26,33,35-52,54,59-71H,7-24,27-31H2,1-6H3,(H4,56,57,58);(H,2,3,4,5)/p-1/b32-25+,34-26+;/t33?,35?,36?,37?,38?,39?,40?,41?,42?,43?,44?,45?,46?,47?,48-,49?,50-,51+,52?,54+;/m1./s1. The molecule has 0 aromatic heterocycles. The third-order valence-corrected chi connectivity index (χ3v) is 15.2. The number of hydrogen-bond acceptors (Lipinski definition) is 22. The SMILES string of the molecule is CCCCC1C(=O)OC(C(C)C(O)CCCN=C(N)N)C(C)/C=C(\C)CCCCC(O)CC(O)CC(O)CC(O)CC(O)C(O[C@H]2O[C@H](CO)[C@@H](O)[C@@H]2O)/C=C(\C)C(O)CCCC(O)CCCC(O)CCC(C)C1O.[O-][Cl+3]([O-])([O-])[O-]. The number of aliphatic hydroxyl groups excluding tert-OH is 13. The summed E-state index contributed by atoms with van der Waals surface area (Å²) in [5.74, 6) is -2.64. The molecule has 0 aliphatic carbocycles. The Bertz CT molecular complexity index is 1740. The number of rotatable bonds is 12. The van der Waals surface area contributed by atoms with Gasteiger partial charge in [-0.3, -0.25) is 9.79 Å². The lowest BCUT2D eigenvalue weighted by atomic mass is 9.84. The highest BCUT2D eigenvalue weighted by atomic mass is 35.7. The Morgan fingerprint density at radius 3 is 1.85 bits per heavy atom. The summed E-state index contributed by atoms with van der Waals surface area (Å²) in [6.45, 7) is 10.9. The second kappa shape index (κ2) is 40.1. The Hall–Kier alpha value is -2.25. The first-order chi connectivity index (χ1) is 37.4. The van der Waals surface area contributed by atoms with Gasteiger partial charge in [-0.1, -0.05) is 64.7 Å². The van der Waals surface area contributed by atoms with E-state index in [0.29, 0.717) is 108 Å². The summed E-state index contributed by atoms with van der Waals surface area (Å²) in [7, 11) is -4.94. The summed E-state index contributed by atoms with van der Waals surface area (Å²) < 4.78 is 51.7. The van der Waals surface area contributed by atoms with Crippen LogP contribution in [-0.2, 0) is 19.0 Å². The molecule has 0 spiro atoms. The molecule has 24 nitrogen and oxygen atoms in total. The lowest BCUT2D eigenvalue weighted by molar-refractivity contribution is -2.00. The van der Waals surface area contributed by atoms with E-state index < -0.39 is 133 Å². The highest BCUT2D eigenvalue weighted by Gasteiger charge is 2.45. The summed E-state index contributed by atoms with van der Waals surface area (Å²) in [5.41, 5.74) is 12.4. The maximum absolute atomic E-state index is 14.2. The van der Waals surface area contributed by atoms with E-state index in [4.69, 9.17) is 44.3 Å². The van der Waals surface area contributed by atoms with Crippen molar-refractivity contribution in [2.45, 2.75) is 274 Å². The van der Waals surface area contributed by atoms with Crippen molar-refractivity contribution in [3.8, 4) is 0 Å². The van der Waals surface area contributed by atoms with Gasteiger partial charge >= 0.3 is 5.97 Å². The molecule has 1 saturated heterocycles. The zero-order chi connectivity index (χ0) is 60.9. The molecule has 17 N–H and O–H groups in total. The van der Waals surface area contributed by atoms with Crippen LogP contribution in [-0.4, -0.2) is 189 Å². The molecule has 472 valence electrons. The first kappa shape index (κ1) is 75.8. The molecule has 2 heterocycles. The lowest BCUT2D eigenvalue weighted by Gasteiger charge is -2.34. The highest BCUT2D eigenvalue weighted by molar-refractivity contribution is 5.75. The number of nitrogens with zero attached hydrogens (tertiary/aromatic N) is 1. The van der Waals surface area contributed by atoms with Gasteiger partial charge in [0.05, 0.1) is 73.6 Å². The van der Waals surface area contributed by atoms with Crippen molar-refractivity contribution in [1.82, 2.24) is 0 Å². The van der Waals surface area contributed by atoms with Gasteiger partial charge in [-0.05, 0) is 134 Å².